The molecule has 0 aliphatic heterocycles. The number of benzene rings is 2. The zero-order valence-corrected chi connectivity index (χ0v) is 20.0. The lowest BCUT2D eigenvalue weighted by molar-refractivity contribution is -0.155. The van der Waals surface area contributed by atoms with Crippen LogP contribution in [0.1, 0.15) is 80.7 Å². The molecule has 2 aromatic rings. The van der Waals surface area contributed by atoms with Crippen LogP contribution in [0.3, 0.4) is 0 Å². The average Bonchev–Trinajstić information content (AvgIpc) is 3.12. The van der Waals surface area contributed by atoms with Crippen LogP contribution in [0.25, 0.3) is 5.57 Å². The van der Waals surface area contributed by atoms with Crippen molar-refractivity contribution in [1.29, 1.82) is 0 Å². The van der Waals surface area contributed by atoms with Crippen LogP contribution in [0.15, 0.2) is 42.0 Å². The molecule has 3 rings (SSSR count). The van der Waals surface area contributed by atoms with Crippen molar-refractivity contribution in [2.75, 3.05) is 7.11 Å². The molecule has 0 fully saturated rings. The van der Waals surface area contributed by atoms with Gasteiger partial charge in [0.15, 0.2) is 0 Å². The summed E-state index contributed by atoms with van der Waals surface area (Å²) in [5.41, 5.74) is 3.34. The molecule has 0 saturated heterocycles. The molecule has 33 heavy (non-hydrogen) atoms. The summed E-state index contributed by atoms with van der Waals surface area (Å²) in [6.45, 7) is 6.23. The molecule has 0 bridgehead atoms. The summed E-state index contributed by atoms with van der Waals surface area (Å²) in [4.78, 5) is 25.6. The standard InChI is InChI=1S/C28H34O5/c1-5-8-9-10-11-22-24(19-12-15-20(33-4)16-13-19)25-21(7-3)18(6-2)14-17-23(25)28(22,26(29)30)27(31)32/h12-17H,5-11H2,1-4H3,(H,29,30)(H,31,32). The number of fused-ring (bicyclic) bond motifs is 1. The van der Waals surface area contributed by atoms with Gasteiger partial charge in [0.1, 0.15) is 5.75 Å². The van der Waals surface area contributed by atoms with Crippen molar-refractivity contribution in [2.24, 2.45) is 0 Å². The van der Waals surface area contributed by atoms with E-state index in [1.165, 1.54) is 0 Å². The van der Waals surface area contributed by atoms with Crippen molar-refractivity contribution < 1.29 is 24.5 Å². The van der Waals surface area contributed by atoms with Gasteiger partial charge in [-0.3, -0.25) is 9.59 Å². The number of aliphatic carboxylic acids is 2. The third-order valence-electron chi connectivity index (χ3n) is 6.85. The highest BCUT2D eigenvalue weighted by Crippen LogP contribution is 2.53. The summed E-state index contributed by atoms with van der Waals surface area (Å²) in [6, 6.07) is 11.1. The number of hydrogen-bond donors (Lipinski definition) is 2. The first-order chi connectivity index (χ1) is 15.9. The van der Waals surface area contributed by atoms with Crippen LogP contribution >= 0.6 is 0 Å². The summed E-state index contributed by atoms with van der Waals surface area (Å²) < 4.78 is 5.31. The van der Waals surface area contributed by atoms with Crippen LogP contribution in [0.5, 0.6) is 5.75 Å². The number of aryl methyl sites for hydroxylation is 1. The zero-order chi connectivity index (χ0) is 24.2. The van der Waals surface area contributed by atoms with Gasteiger partial charge in [-0.2, -0.15) is 0 Å². The Kier molecular flexibility index (Phi) is 7.62. The molecule has 0 unspecified atom stereocenters. The third kappa shape index (κ3) is 4.05. The van der Waals surface area contributed by atoms with Gasteiger partial charge in [0, 0.05) is 0 Å². The zero-order valence-electron chi connectivity index (χ0n) is 20.0. The molecular formula is C28H34O5. The largest absolute Gasteiger partial charge is 0.497 e. The number of unbranched alkanes of at least 4 members (excludes halogenated alkanes) is 3. The van der Waals surface area contributed by atoms with Gasteiger partial charge < -0.3 is 14.9 Å². The summed E-state index contributed by atoms with van der Waals surface area (Å²) in [6.07, 6.45) is 5.69. The van der Waals surface area contributed by atoms with Crippen molar-refractivity contribution in [2.45, 2.75) is 71.1 Å². The highest BCUT2D eigenvalue weighted by molar-refractivity contribution is 6.15. The predicted octanol–water partition coefficient (Wildman–Crippen LogP) is 6.01. The van der Waals surface area contributed by atoms with Gasteiger partial charge in [-0.15, -0.1) is 0 Å². The molecule has 1 aliphatic rings. The van der Waals surface area contributed by atoms with Crippen molar-refractivity contribution in [1.82, 2.24) is 0 Å². The van der Waals surface area contributed by atoms with Gasteiger partial charge >= 0.3 is 11.9 Å². The highest BCUT2D eigenvalue weighted by Gasteiger charge is 2.57. The van der Waals surface area contributed by atoms with Gasteiger partial charge in [-0.1, -0.05) is 64.3 Å². The topological polar surface area (TPSA) is 83.8 Å². The molecule has 0 atom stereocenters. The lowest BCUT2D eigenvalue weighted by Gasteiger charge is -2.26. The van der Waals surface area contributed by atoms with Crippen molar-refractivity contribution in [3.8, 4) is 5.75 Å². The first-order valence-electron chi connectivity index (χ1n) is 11.9. The minimum Gasteiger partial charge on any atom is -0.497 e. The fraction of sp³-hybridized carbons (Fsp3) is 0.429. The lowest BCUT2D eigenvalue weighted by Crippen LogP contribution is -2.44. The van der Waals surface area contributed by atoms with Gasteiger partial charge in [-0.05, 0) is 76.8 Å². The van der Waals surface area contributed by atoms with E-state index in [4.69, 9.17) is 4.74 Å². The molecule has 2 N–H and O–H groups in total. The Bertz CT molecular complexity index is 1050. The fourth-order valence-corrected chi connectivity index (χ4v) is 5.22. The predicted molar refractivity (Wildman–Crippen MR) is 130 cm³/mol. The summed E-state index contributed by atoms with van der Waals surface area (Å²) in [5.74, 6) is -1.95. The first kappa shape index (κ1) is 24.6. The summed E-state index contributed by atoms with van der Waals surface area (Å²) in [5, 5.41) is 20.9. The van der Waals surface area contributed by atoms with Crippen LogP contribution in [0.4, 0.5) is 0 Å². The van der Waals surface area contributed by atoms with Crippen LogP contribution in [-0.2, 0) is 27.8 Å². The molecule has 0 spiro atoms. The second-order valence-electron chi connectivity index (χ2n) is 8.59. The molecule has 0 saturated carbocycles. The number of hydrogen-bond acceptors (Lipinski definition) is 3. The molecular weight excluding hydrogens is 416 g/mol. The number of carbonyl (C=O) groups is 2. The minimum atomic E-state index is -2.08. The van der Waals surface area contributed by atoms with Gasteiger partial charge in [0.2, 0.25) is 5.41 Å². The summed E-state index contributed by atoms with van der Waals surface area (Å²) in [7, 11) is 1.60. The van der Waals surface area contributed by atoms with Gasteiger partial charge in [0.05, 0.1) is 7.11 Å². The molecule has 0 radical (unpaired) electrons. The SMILES string of the molecule is CCCCCCC1=C(c2ccc(OC)cc2)c2c(ccc(CC)c2CC)C1(C(=O)O)C(=O)O. The van der Waals surface area contributed by atoms with E-state index in [2.05, 4.69) is 13.8 Å². The maximum absolute atomic E-state index is 12.8. The molecule has 0 heterocycles. The second kappa shape index (κ2) is 10.2. The van der Waals surface area contributed by atoms with E-state index < -0.39 is 17.4 Å². The van der Waals surface area contributed by atoms with Gasteiger partial charge in [0.25, 0.3) is 0 Å². The maximum Gasteiger partial charge on any atom is 0.329 e. The number of methoxy groups -OCH3 is 1. The Labute approximate surface area is 196 Å². The summed E-state index contributed by atoms with van der Waals surface area (Å²) >= 11 is 0. The van der Waals surface area contributed by atoms with E-state index in [1.54, 1.807) is 13.2 Å². The lowest BCUT2D eigenvalue weighted by atomic mass is 9.74. The van der Waals surface area contributed by atoms with Crippen molar-refractivity contribution >= 4 is 17.5 Å². The maximum atomic E-state index is 12.8. The highest BCUT2D eigenvalue weighted by atomic mass is 16.5. The molecule has 5 nitrogen and oxygen atoms in total. The van der Waals surface area contributed by atoms with E-state index in [9.17, 15) is 19.8 Å². The molecule has 1 aliphatic carbocycles. The molecule has 5 heteroatoms. The minimum absolute atomic E-state index is 0.382. The Hall–Kier alpha value is -3.08. The fourth-order valence-electron chi connectivity index (χ4n) is 5.22. The Morgan fingerprint density at radius 2 is 1.55 bits per heavy atom. The Balaban J connectivity index is 2.40. The van der Waals surface area contributed by atoms with Crippen LogP contribution in [-0.4, -0.2) is 29.3 Å². The average molecular weight is 451 g/mol. The number of ether oxygens (including phenoxy) is 1. The van der Waals surface area contributed by atoms with E-state index >= 15 is 0 Å². The number of rotatable bonds is 11. The Morgan fingerprint density at radius 1 is 0.879 bits per heavy atom. The normalized spacial score (nSPS) is 14.3. The van der Waals surface area contributed by atoms with E-state index in [0.29, 0.717) is 29.7 Å². The number of carboxylic acid groups (broad SMARTS) is 2. The molecule has 0 aromatic heterocycles. The molecule has 176 valence electrons. The molecule has 2 aromatic carbocycles. The smallest absolute Gasteiger partial charge is 0.329 e. The van der Waals surface area contributed by atoms with Gasteiger partial charge in [-0.25, -0.2) is 0 Å². The third-order valence-corrected chi connectivity index (χ3v) is 6.85. The monoisotopic (exact) mass is 450 g/mol. The molecule has 0 amide bonds. The second-order valence-corrected chi connectivity index (χ2v) is 8.59. The van der Waals surface area contributed by atoms with E-state index in [-0.39, 0.29) is 0 Å². The van der Waals surface area contributed by atoms with Crippen LogP contribution in [0, 0.1) is 0 Å². The Morgan fingerprint density at radius 3 is 2.06 bits per heavy atom. The van der Waals surface area contributed by atoms with E-state index in [0.717, 1.165) is 59.9 Å². The van der Waals surface area contributed by atoms with Crippen molar-refractivity contribution in [3.63, 3.8) is 0 Å². The van der Waals surface area contributed by atoms with Crippen molar-refractivity contribution in [3.05, 3.63) is 69.8 Å². The quantitative estimate of drug-likeness (QED) is 0.323. The number of carboxylic acids is 2. The van der Waals surface area contributed by atoms with Crippen LogP contribution in [0.2, 0.25) is 0 Å². The first-order valence-corrected chi connectivity index (χ1v) is 11.9. The van der Waals surface area contributed by atoms with Crippen LogP contribution < -0.4 is 4.74 Å². The van der Waals surface area contributed by atoms with E-state index in [1.807, 2.05) is 37.3 Å².